The number of hydrogen-bond acceptors (Lipinski definition) is 4. The van der Waals surface area contributed by atoms with E-state index < -0.39 is 12.0 Å². The lowest BCUT2D eigenvalue weighted by Crippen LogP contribution is -2.50. The summed E-state index contributed by atoms with van der Waals surface area (Å²) in [5.41, 5.74) is 0. The molecule has 1 rings (SSSR count). The monoisotopic (exact) mass is 302 g/mol. The predicted octanol–water partition coefficient (Wildman–Crippen LogP) is 0.934. The largest absolute Gasteiger partial charge is 0.480 e. The average molecular weight is 302 g/mol. The van der Waals surface area contributed by atoms with Crippen molar-refractivity contribution in [2.45, 2.75) is 31.7 Å². The topological polar surface area (TPSA) is 88.1 Å². The van der Waals surface area contributed by atoms with Crippen LogP contribution in [0.25, 0.3) is 0 Å². The number of carboxylic acids is 1. The fourth-order valence-electron chi connectivity index (χ4n) is 2.47. The Morgan fingerprint density at radius 3 is 2.48 bits per heavy atom. The molecule has 0 spiro atoms. The van der Waals surface area contributed by atoms with E-state index in [4.69, 9.17) is 14.6 Å². The van der Waals surface area contributed by atoms with Crippen LogP contribution in [-0.4, -0.2) is 68.6 Å². The number of urea groups is 1. The zero-order valence-electron chi connectivity index (χ0n) is 12.8. The van der Waals surface area contributed by atoms with Crippen LogP contribution in [0.2, 0.25) is 0 Å². The molecule has 0 aliphatic carbocycles. The van der Waals surface area contributed by atoms with Gasteiger partial charge in [0, 0.05) is 40.5 Å². The minimum absolute atomic E-state index is 0.296. The van der Waals surface area contributed by atoms with Gasteiger partial charge in [0.15, 0.2) is 0 Å². The highest BCUT2D eigenvalue weighted by Gasteiger charge is 2.26. The summed E-state index contributed by atoms with van der Waals surface area (Å²) >= 11 is 0. The molecule has 1 aliphatic rings. The van der Waals surface area contributed by atoms with Crippen LogP contribution in [0.5, 0.6) is 0 Å². The first kappa shape index (κ1) is 17.7. The Morgan fingerprint density at radius 1 is 1.29 bits per heavy atom. The molecule has 1 saturated heterocycles. The van der Waals surface area contributed by atoms with Gasteiger partial charge in [-0.3, -0.25) is 0 Å². The second-order valence-corrected chi connectivity index (χ2v) is 5.36. The van der Waals surface area contributed by atoms with Crippen LogP contribution < -0.4 is 5.32 Å². The molecule has 1 fully saturated rings. The summed E-state index contributed by atoms with van der Waals surface area (Å²) in [6.07, 6.45) is 2.75. The highest BCUT2D eigenvalue weighted by Crippen LogP contribution is 2.17. The molecule has 0 saturated carbocycles. The summed E-state index contributed by atoms with van der Waals surface area (Å²) in [4.78, 5) is 24.9. The first-order valence-electron chi connectivity index (χ1n) is 7.34. The Balaban J connectivity index is 2.38. The van der Waals surface area contributed by atoms with Gasteiger partial charge in [-0.15, -0.1) is 0 Å². The molecular weight excluding hydrogens is 276 g/mol. The normalized spacial score (nSPS) is 17.5. The standard InChI is InChI=1S/C14H26N2O5/c1-20-9-3-4-12(13(17)18)15-14(19)16-7-5-11(6-8-16)10-21-2/h11-12H,3-10H2,1-2H3,(H,15,19)(H,17,18). The molecule has 1 heterocycles. The van der Waals surface area contributed by atoms with Gasteiger partial charge in [-0.25, -0.2) is 9.59 Å². The van der Waals surface area contributed by atoms with E-state index in [9.17, 15) is 9.59 Å². The minimum Gasteiger partial charge on any atom is -0.480 e. The minimum atomic E-state index is -1.01. The van der Waals surface area contributed by atoms with Crippen molar-refractivity contribution in [3.8, 4) is 0 Å². The van der Waals surface area contributed by atoms with Crippen molar-refractivity contribution in [2.75, 3.05) is 40.5 Å². The molecule has 1 unspecified atom stereocenters. The van der Waals surface area contributed by atoms with Crippen LogP contribution in [0, 0.1) is 5.92 Å². The molecule has 7 heteroatoms. The lowest BCUT2D eigenvalue weighted by atomic mass is 9.98. The molecule has 7 nitrogen and oxygen atoms in total. The molecule has 21 heavy (non-hydrogen) atoms. The highest BCUT2D eigenvalue weighted by molar-refractivity contribution is 5.82. The number of rotatable bonds is 8. The SMILES string of the molecule is COCCCC(NC(=O)N1CCC(COC)CC1)C(=O)O. The summed E-state index contributed by atoms with van der Waals surface area (Å²) in [5, 5.41) is 11.7. The molecule has 122 valence electrons. The molecule has 2 amide bonds. The zero-order chi connectivity index (χ0) is 15.7. The van der Waals surface area contributed by atoms with Crippen molar-refractivity contribution < 1.29 is 24.2 Å². The second-order valence-electron chi connectivity index (χ2n) is 5.36. The van der Waals surface area contributed by atoms with Gasteiger partial charge in [0.05, 0.1) is 0 Å². The number of aliphatic carboxylic acids is 1. The first-order chi connectivity index (χ1) is 10.1. The van der Waals surface area contributed by atoms with Crippen molar-refractivity contribution in [3.63, 3.8) is 0 Å². The summed E-state index contributed by atoms with van der Waals surface area (Å²) in [6.45, 7) is 2.49. The quantitative estimate of drug-likeness (QED) is 0.651. The number of likely N-dealkylation sites (tertiary alicyclic amines) is 1. The summed E-state index contributed by atoms with van der Waals surface area (Å²) in [5.74, 6) is -0.523. The number of carboxylic acid groups (broad SMARTS) is 1. The Labute approximate surface area is 125 Å². The fraction of sp³-hybridized carbons (Fsp3) is 0.857. The predicted molar refractivity (Wildman–Crippen MR) is 77.2 cm³/mol. The number of nitrogens with zero attached hydrogens (tertiary/aromatic N) is 1. The number of carbonyl (C=O) groups is 2. The molecular formula is C14H26N2O5. The van der Waals surface area contributed by atoms with Gasteiger partial charge in [-0.2, -0.15) is 0 Å². The lowest BCUT2D eigenvalue weighted by Gasteiger charge is -2.32. The van der Waals surface area contributed by atoms with Crippen LogP contribution in [0.4, 0.5) is 4.79 Å². The smallest absolute Gasteiger partial charge is 0.326 e. The number of methoxy groups -OCH3 is 2. The van der Waals surface area contributed by atoms with Crippen LogP contribution in [0.15, 0.2) is 0 Å². The number of carbonyl (C=O) groups excluding carboxylic acids is 1. The maximum Gasteiger partial charge on any atom is 0.326 e. The Bertz CT molecular complexity index is 329. The molecule has 0 aromatic rings. The fourth-order valence-corrected chi connectivity index (χ4v) is 2.47. The summed E-state index contributed by atoms with van der Waals surface area (Å²) in [7, 11) is 3.25. The lowest BCUT2D eigenvalue weighted by molar-refractivity contribution is -0.139. The number of ether oxygens (including phenoxy) is 2. The van der Waals surface area contributed by atoms with Gasteiger partial charge in [0.2, 0.25) is 0 Å². The van der Waals surface area contributed by atoms with Crippen molar-refractivity contribution in [3.05, 3.63) is 0 Å². The molecule has 0 aromatic heterocycles. The van der Waals surface area contributed by atoms with Crippen LogP contribution in [0.1, 0.15) is 25.7 Å². The Morgan fingerprint density at radius 2 is 1.95 bits per heavy atom. The highest BCUT2D eigenvalue weighted by atomic mass is 16.5. The van der Waals surface area contributed by atoms with Gasteiger partial charge >= 0.3 is 12.0 Å². The van der Waals surface area contributed by atoms with E-state index >= 15 is 0 Å². The third-order valence-electron chi connectivity index (χ3n) is 3.74. The number of nitrogens with one attached hydrogen (secondary N) is 1. The average Bonchev–Trinajstić information content (AvgIpc) is 2.47. The van der Waals surface area contributed by atoms with Gasteiger partial charge in [-0.1, -0.05) is 0 Å². The molecule has 2 N–H and O–H groups in total. The Kier molecular flexibility index (Phi) is 8.07. The molecule has 1 atom stereocenters. The van der Waals surface area contributed by atoms with Gasteiger partial charge in [0.1, 0.15) is 6.04 Å². The van der Waals surface area contributed by atoms with Crippen LogP contribution in [0.3, 0.4) is 0 Å². The molecule has 0 radical (unpaired) electrons. The first-order valence-corrected chi connectivity index (χ1v) is 7.34. The van der Waals surface area contributed by atoms with Gasteiger partial charge in [-0.05, 0) is 31.6 Å². The van der Waals surface area contributed by atoms with Crippen molar-refractivity contribution in [1.82, 2.24) is 10.2 Å². The van der Waals surface area contributed by atoms with Crippen molar-refractivity contribution in [2.24, 2.45) is 5.92 Å². The summed E-state index contributed by atoms with van der Waals surface area (Å²) < 4.78 is 10.0. The zero-order valence-corrected chi connectivity index (χ0v) is 12.8. The molecule has 0 aromatic carbocycles. The van der Waals surface area contributed by atoms with Crippen LogP contribution >= 0.6 is 0 Å². The maximum atomic E-state index is 12.1. The van der Waals surface area contributed by atoms with E-state index in [-0.39, 0.29) is 6.03 Å². The van der Waals surface area contributed by atoms with Gasteiger partial charge in [0.25, 0.3) is 0 Å². The number of amides is 2. The summed E-state index contributed by atoms with van der Waals surface area (Å²) in [6, 6.07) is -1.15. The van der Waals surface area contributed by atoms with E-state index in [1.54, 1.807) is 19.1 Å². The van der Waals surface area contributed by atoms with E-state index in [1.807, 2.05) is 0 Å². The van der Waals surface area contributed by atoms with E-state index in [0.717, 1.165) is 12.8 Å². The molecule has 1 aliphatic heterocycles. The maximum absolute atomic E-state index is 12.1. The van der Waals surface area contributed by atoms with Crippen molar-refractivity contribution >= 4 is 12.0 Å². The second kappa shape index (κ2) is 9.57. The van der Waals surface area contributed by atoms with Crippen molar-refractivity contribution in [1.29, 1.82) is 0 Å². The van der Waals surface area contributed by atoms with E-state index in [0.29, 0.717) is 45.1 Å². The van der Waals surface area contributed by atoms with E-state index in [2.05, 4.69) is 5.32 Å². The molecule has 0 bridgehead atoms. The Hall–Kier alpha value is -1.34. The van der Waals surface area contributed by atoms with E-state index in [1.165, 1.54) is 0 Å². The number of hydrogen-bond donors (Lipinski definition) is 2. The third kappa shape index (κ3) is 6.31. The number of piperidine rings is 1. The van der Waals surface area contributed by atoms with Crippen LogP contribution in [-0.2, 0) is 14.3 Å². The third-order valence-corrected chi connectivity index (χ3v) is 3.74. The van der Waals surface area contributed by atoms with Gasteiger partial charge < -0.3 is 24.8 Å².